The second kappa shape index (κ2) is 9.75. The summed E-state index contributed by atoms with van der Waals surface area (Å²) < 4.78 is 14.6. The first-order valence-electron chi connectivity index (χ1n) is 9.82. The highest BCUT2D eigenvalue weighted by atomic mass is 19.1. The van der Waals surface area contributed by atoms with E-state index in [1.807, 2.05) is 6.92 Å². The Kier molecular flexibility index (Phi) is 6.86. The number of hydrogen-bond acceptors (Lipinski definition) is 5. The second-order valence-corrected chi connectivity index (χ2v) is 6.92. The highest BCUT2D eigenvalue weighted by Gasteiger charge is 2.26. The number of carbonyl (C=O) groups excluding carboxylic acids is 3. The van der Waals surface area contributed by atoms with E-state index in [1.165, 1.54) is 23.0 Å². The third-order valence-corrected chi connectivity index (χ3v) is 4.69. The van der Waals surface area contributed by atoms with Gasteiger partial charge in [-0.2, -0.15) is 5.10 Å². The van der Waals surface area contributed by atoms with Crippen LogP contribution in [0.5, 0.6) is 0 Å². The third kappa shape index (κ3) is 5.19. The molecule has 0 saturated carbocycles. The van der Waals surface area contributed by atoms with E-state index in [2.05, 4.69) is 15.4 Å². The van der Waals surface area contributed by atoms with Crippen molar-refractivity contribution in [1.29, 1.82) is 0 Å². The van der Waals surface area contributed by atoms with Crippen LogP contribution in [0.3, 0.4) is 0 Å². The summed E-state index contributed by atoms with van der Waals surface area (Å²) in [5, 5.41) is 7.02. The van der Waals surface area contributed by atoms with E-state index in [4.69, 9.17) is 5.73 Å². The predicted molar refractivity (Wildman–Crippen MR) is 112 cm³/mol. The molecule has 160 valence electrons. The van der Waals surface area contributed by atoms with E-state index in [1.54, 1.807) is 36.5 Å². The summed E-state index contributed by atoms with van der Waals surface area (Å²) in [6.45, 7) is 1.93. The fourth-order valence-electron chi connectivity index (χ4n) is 3.06. The highest BCUT2D eigenvalue weighted by molar-refractivity contribution is 6.38. The number of benzene rings is 1. The van der Waals surface area contributed by atoms with Crippen LogP contribution in [0.15, 0.2) is 54.9 Å². The van der Waals surface area contributed by atoms with Crippen molar-refractivity contribution >= 4 is 17.6 Å². The predicted octanol–water partition coefficient (Wildman–Crippen LogP) is 2.42. The fourth-order valence-corrected chi connectivity index (χ4v) is 3.06. The zero-order chi connectivity index (χ0) is 22.4. The molecule has 0 aliphatic rings. The SMILES string of the molecule is CCCCC(NC(=O)c1cccnc1-n1ccc(-c2ccc(F)cc2)n1)C(=O)C(N)=O. The van der Waals surface area contributed by atoms with Crippen LogP contribution in [0.4, 0.5) is 4.39 Å². The van der Waals surface area contributed by atoms with Gasteiger partial charge in [-0.05, 0) is 48.9 Å². The van der Waals surface area contributed by atoms with Crippen LogP contribution in [0.25, 0.3) is 17.1 Å². The highest BCUT2D eigenvalue weighted by Crippen LogP contribution is 2.20. The molecule has 1 unspecified atom stereocenters. The van der Waals surface area contributed by atoms with Crippen molar-refractivity contribution in [3.05, 3.63) is 66.2 Å². The van der Waals surface area contributed by atoms with Crippen LogP contribution in [-0.4, -0.2) is 38.4 Å². The maximum Gasteiger partial charge on any atom is 0.287 e. The van der Waals surface area contributed by atoms with Gasteiger partial charge in [-0.15, -0.1) is 0 Å². The fraction of sp³-hybridized carbons (Fsp3) is 0.227. The van der Waals surface area contributed by atoms with Gasteiger partial charge in [0.25, 0.3) is 11.8 Å². The van der Waals surface area contributed by atoms with Gasteiger partial charge in [0.15, 0.2) is 5.82 Å². The topological polar surface area (TPSA) is 120 Å². The lowest BCUT2D eigenvalue weighted by molar-refractivity contribution is -0.137. The van der Waals surface area contributed by atoms with Gasteiger partial charge in [-0.1, -0.05) is 19.8 Å². The molecule has 31 heavy (non-hydrogen) atoms. The lowest BCUT2D eigenvalue weighted by Gasteiger charge is -2.17. The van der Waals surface area contributed by atoms with E-state index >= 15 is 0 Å². The smallest absolute Gasteiger partial charge is 0.287 e. The van der Waals surface area contributed by atoms with Gasteiger partial charge in [0, 0.05) is 18.0 Å². The second-order valence-electron chi connectivity index (χ2n) is 6.92. The number of pyridine rings is 1. The minimum atomic E-state index is -1.09. The van der Waals surface area contributed by atoms with Gasteiger partial charge in [-0.25, -0.2) is 14.1 Å². The van der Waals surface area contributed by atoms with Gasteiger partial charge in [-0.3, -0.25) is 14.4 Å². The molecule has 3 N–H and O–H groups in total. The molecule has 1 aromatic carbocycles. The molecule has 0 bridgehead atoms. The molecule has 3 rings (SSSR count). The molecule has 0 aliphatic carbocycles. The van der Waals surface area contributed by atoms with Crippen LogP contribution in [-0.2, 0) is 9.59 Å². The van der Waals surface area contributed by atoms with Gasteiger partial charge >= 0.3 is 0 Å². The number of nitrogens with zero attached hydrogens (tertiary/aromatic N) is 3. The average molecular weight is 423 g/mol. The normalized spacial score (nSPS) is 11.7. The van der Waals surface area contributed by atoms with Crippen molar-refractivity contribution in [2.75, 3.05) is 0 Å². The van der Waals surface area contributed by atoms with Gasteiger partial charge in [0.2, 0.25) is 5.78 Å². The van der Waals surface area contributed by atoms with Gasteiger partial charge in [0.1, 0.15) is 5.82 Å². The number of unbranched alkanes of at least 4 members (excludes halogenated alkanes) is 1. The first-order valence-corrected chi connectivity index (χ1v) is 9.82. The number of ketones is 1. The van der Waals surface area contributed by atoms with E-state index in [-0.39, 0.29) is 17.2 Å². The molecular weight excluding hydrogens is 401 g/mol. The molecule has 0 saturated heterocycles. The molecule has 3 aromatic rings. The summed E-state index contributed by atoms with van der Waals surface area (Å²) in [6.07, 6.45) is 4.87. The number of primary amides is 1. The number of nitrogens with one attached hydrogen (secondary N) is 1. The van der Waals surface area contributed by atoms with Gasteiger partial charge < -0.3 is 11.1 Å². The minimum absolute atomic E-state index is 0.176. The number of aromatic nitrogens is 3. The molecule has 0 fully saturated rings. The lowest BCUT2D eigenvalue weighted by atomic mass is 10.0. The Balaban J connectivity index is 1.87. The van der Waals surface area contributed by atoms with Crippen LogP contribution in [0.1, 0.15) is 36.5 Å². The molecule has 1 atom stereocenters. The Morgan fingerprint density at radius 1 is 1.16 bits per heavy atom. The molecule has 2 amide bonds. The quantitative estimate of drug-likeness (QED) is 0.512. The summed E-state index contributed by atoms with van der Waals surface area (Å²) >= 11 is 0. The van der Waals surface area contributed by atoms with E-state index in [0.29, 0.717) is 24.1 Å². The molecule has 8 nitrogen and oxygen atoms in total. The molecular formula is C22H22FN5O3. The van der Waals surface area contributed by atoms with Crippen LogP contribution in [0.2, 0.25) is 0 Å². The first kappa shape index (κ1) is 21.8. The third-order valence-electron chi connectivity index (χ3n) is 4.69. The van der Waals surface area contributed by atoms with Crippen molar-refractivity contribution in [3.8, 4) is 17.1 Å². The van der Waals surface area contributed by atoms with Crippen molar-refractivity contribution in [3.63, 3.8) is 0 Å². The van der Waals surface area contributed by atoms with Crippen LogP contribution >= 0.6 is 0 Å². The summed E-state index contributed by atoms with van der Waals surface area (Å²) in [5.41, 5.74) is 6.57. The van der Waals surface area contributed by atoms with Crippen LogP contribution < -0.4 is 11.1 Å². The molecule has 9 heteroatoms. The van der Waals surface area contributed by atoms with Crippen LogP contribution in [0, 0.1) is 5.82 Å². The Hall–Kier alpha value is -3.88. The number of halogens is 1. The summed E-state index contributed by atoms with van der Waals surface area (Å²) in [7, 11) is 0. The number of carbonyl (C=O) groups is 3. The average Bonchev–Trinajstić information content (AvgIpc) is 3.26. The van der Waals surface area contributed by atoms with Gasteiger partial charge in [0.05, 0.1) is 17.3 Å². The van der Waals surface area contributed by atoms with E-state index < -0.39 is 23.6 Å². The summed E-state index contributed by atoms with van der Waals surface area (Å²) in [5.74, 6) is -2.62. The standard InChI is InChI=1S/C22H22FN5O3/c1-2-3-6-18(19(29)20(24)30)26-22(31)16-5-4-12-25-21(16)28-13-11-17(27-28)14-7-9-15(23)10-8-14/h4-5,7-13,18H,2-3,6H2,1H3,(H2,24,30)(H,26,31). The molecule has 0 radical (unpaired) electrons. The number of amides is 2. The largest absolute Gasteiger partial charge is 0.363 e. The summed E-state index contributed by atoms with van der Waals surface area (Å²) in [4.78, 5) is 40.6. The van der Waals surface area contributed by atoms with Crippen molar-refractivity contribution in [2.24, 2.45) is 5.73 Å². The Bertz CT molecular complexity index is 1090. The molecule has 2 aromatic heterocycles. The lowest BCUT2D eigenvalue weighted by Crippen LogP contribution is -2.46. The van der Waals surface area contributed by atoms with Crippen molar-refractivity contribution in [1.82, 2.24) is 20.1 Å². The Morgan fingerprint density at radius 3 is 2.58 bits per heavy atom. The van der Waals surface area contributed by atoms with E-state index in [9.17, 15) is 18.8 Å². The van der Waals surface area contributed by atoms with E-state index in [0.717, 1.165) is 6.42 Å². The maximum absolute atomic E-state index is 13.2. The molecule has 2 heterocycles. The number of hydrogen-bond donors (Lipinski definition) is 2. The zero-order valence-corrected chi connectivity index (χ0v) is 16.9. The van der Waals surface area contributed by atoms with Crippen molar-refractivity contribution in [2.45, 2.75) is 32.2 Å². The van der Waals surface area contributed by atoms with Crippen molar-refractivity contribution < 1.29 is 18.8 Å². The number of nitrogens with two attached hydrogens (primary N) is 1. The Labute approximate surface area is 178 Å². The monoisotopic (exact) mass is 423 g/mol. The first-order chi connectivity index (χ1) is 14.9. The molecule has 0 spiro atoms. The Morgan fingerprint density at radius 2 is 1.90 bits per heavy atom. The maximum atomic E-state index is 13.2. The molecule has 0 aliphatic heterocycles. The summed E-state index contributed by atoms with van der Waals surface area (Å²) in [6, 6.07) is 9.70. The number of Topliss-reactive ketones (excluding diaryl/α,β-unsaturated/α-hetero) is 1. The minimum Gasteiger partial charge on any atom is -0.363 e. The zero-order valence-electron chi connectivity index (χ0n) is 16.9. The number of rotatable bonds is 9.